The fourth-order valence-corrected chi connectivity index (χ4v) is 5.18. The van der Waals surface area contributed by atoms with Crippen LogP contribution in [0.2, 0.25) is 0 Å². The third kappa shape index (κ3) is 8.51. The number of benzene rings is 2. The van der Waals surface area contributed by atoms with Crippen LogP contribution >= 0.6 is 0 Å². The first-order valence-electron chi connectivity index (χ1n) is 11.6. The molecule has 178 valence electrons. The van der Waals surface area contributed by atoms with Crippen LogP contribution in [0.3, 0.4) is 0 Å². The molecule has 1 fully saturated rings. The lowest BCUT2D eigenvalue weighted by Gasteiger charge is -2.30. The molecule has 0 bridgehead atoms. The Hall–Kier alpha value is -1.99. The number of nitrogens with zero attached hydrogens (tertiary/aromatic N) is 1. The van der Waals surface area contributed by atoms with Gasteiger partial charge in [0.15, 0.2) is 0 Å². The fraction of sp³-hybridized carbons (Fsp3) is 0.462. The number of ether oxygens (including phenoxy) is 1. The van der Waals surface area contributed by atoms with Gasteiger partial charge in [-0.1, -0.05) is 82.3 Å². The van der Waals surface area contributed by atoms with Gasteiger partial charge in [0.05, 0.1) is 24.2 Å². The Balaban J connectivity index is 0.00000121. The van der Waals surface area contributed by atoms with Crippen molar-refractivity contribution in [2.24, 2.45) is 5.92 Å². The molecule has 1 N–H and O–H groups in total. The molecule has 0 spiro atoms. The second kappa shape index (κ2) is 15.8. The highest BCUT2D eigenvalue weighted by Gasteiger charge is 2.35. The van der Waals surface area contributed by atoms with Crippen molar-refractivity contribution in [3.8, 4) is 0 Å². The fourth-order valence-electron chi connectivity index (χ4n) is 3.47. The molecule has 0 aliphatic carbocycles. The molecule has 2 aromatic carbocycles. The molecule has 6 heteroatoms. The average molecular weight is 461 g/mol. The Kier molecular flexibility index (Phi) is 13.8. The van der Waals surface area contributed by atoms with E-state index in [9.17, 15) is 8.42 Å². The van der Waals surface area contributed by atoms with Crippen molar-refractivity contribution < 1.29 is 13.2 Å². The van der Waals surface area contributed by atoms with Gasteiger partial charge in [-0.25, -0.2) is 8.42 Å². The molecule has 32 heavy (non-hydrogen) atoms. The molecule has 5 nitrogen and oxygen atoms in total. The van der Waals surface area contributed by atoms with Gasteiger partial charge in [0.2, 0.25) is 10.0 Å². The summed E-state index contributed by atoms with van der Waals surface area (Å²) in [6.07, 6.45) is 2.62. The quantitative estimate of drug-likeness (QED) is 0.556. The summed E-state index contributed by atoms with van der Waals surface area (Å²) in [5.74, 6) is 0.190. The molecular formula is C26H40N2O3S. The zero-order valence-corrected chi connectivity index (χ0v) is 20.9. The summed E-state index contributed by atoms with van der Waals surface area (Å²) in [7, 11) is -3.60. The zero-order valence-electron chi connectivity index (χ0n) is 20.0. The first kappa shape index (κ1) is 28.0. The molecule has 2 unspecified atom stereocenters. The number of hydrogen-bond acceptors (Lipinski definition) is 4. The largest absolute Gasteiger partial charge is 0.375 e. The van der Waals surface area contributed by atoms with E-state index in [0.29, 0.717) is 31.2 Å². The highest BCUT2D eigenvalue weighted by molar-refractivity contribution is 7.89. The number of sulfonamides is 1. The minimum absolute atomic E-state index is 0.190. The predicted molar refractivity (Wildman–Crippen MR) is 134 cm³/mol. The minimum atomic E-state index is -3.60. The Morgan fingerprint density at radius 2 is 1.59 bits per heavy atom. The van der Waals surface area contributed by atoms with Crippen LogP contribution in [0.5, 0.6) is 0 Å². The van der Waals surface area contributed by atoms with Gasteiger partial charge in [0.1, 0.15) is 0 Å². The molecule has 0 amide bonds. The van der Waals surface area contributed by atoms with Gasteiger partial charge in [-0.05, 0) is 36.6 Å². The van der Waals surface area contributed by atoms with Gasteiger partial charge < -0.3 is 10.1 Å². The maximum Gasteiger partial charge on any atom is 0.243 e. The molecule has 0 saturated carbocycles. The van der Waals surface area contributed by atoms with Crippen LogP contribution in [-0.2, 0) is 21.4 Å². The molecule has 2 atom stereocenters. The van der Waals surface area contributed by atoms with Crippen LogP contribution in [0.4, 0.5) is 0 Å². The highest BCUT2D eigenvalue weighted by Crippen LogP contribution is 2.23. The SMILES string of the molecule is C=CCC1CNCC(COCc2ccccc2)N(S(=O)(=O)c2ccccc2)C1.CC.CC. The minimum Gasteiger partial charge on any atom is -0.375 e. The summed E-state index contributed by atoms with van der Waals surface area (Å²) in [6, 6.07) is 18.3. The van der Waals surface area contributed by atoms with Gasteiger partial charge in [0, 0.05) is 13.1 Å². The molecule has 0 radical (unpaired) electrons. The van der Waals surface area contributed by atoms with E-state index in [4.69, 9.17) is 4.74 Å². The van der Waals surface area contributed by atoms with Crippen LogP contribution in [0.15, 0.2) is 78.2 Å². The normalized spacial score (nSPS) is 18.9. The summed E-state index contributed by atoms with van der Waals surface area (Å²) in [5.41, 5.74) is 1.08. The van der Waals surface area contributed by atoms with Gasteiger partial charge in [0.25, 0.3) is 0 Å². The Bertz CT molecular complexity index is 842. The van der Waals surface area contributed by atoms with E-state index in [0.717, 1.165) is 18.5 Å². The second-order valence-corrected chi connectivity index (χ2v) is 8.98. The molecule has 1 aliphatic rings. The van der Waals surface area contributed by atoms with Gasteiger partial charge in [-0.3, -0.25) is 0 Å². The van der Waals surface area contributed by atoms with Crippen molar-refractivity contribution in [3.05, 3.63) is 78.9 Å². The first-order chi connectivity index (χ1) is 15.6. The maximum absolute atomic E-state index is 13.4. The van der Waals surface area contributed by atoms with E-state index in [1.807, 2.05) is 70.2 Å². The molecule has 3 rings (SSSR count). The lowest BCUT2D eigenvalue weighted by molar-refractivity contribution is 0.0787. The third-order valence-electron chi connectivity index (χ3n) is 4.93. The first-order valence-corrected chi connectivity index (χ1v) is 13.1. The van der Waals surface area contributed by atoms with Crippen molar-refractivity contribution in [1.29, 1.82) is 0 Å². The van der Waals surface area contributed by atoms with Crippen LogP contribution < -0.4 is 5.32 Å². The summed E-state index contributed by atoms with van der Waals surface area (Å²) < 4.78 is 34.2. The number of rotatable bonds is 8. The number of allylic oxidation sites excluding steroid dienone is 1. The monoisotopic (exact) mass is 460 g/mol. The zero-order chi connectivity index (χ0) is 23.8. The summed E-state index contributed by atoms with van der Waals surface area (Å²) in [6.45, 7) is 14.4. The standard InChI is InChI=1S/C22H28N2O3S.2C2H6/c1-2-9-20-14-23-15-21(18-27-17-19-10-5-3-6-11-19)24(16-20)28(25,26)22-12-7-4-8-13-22;2*1-2/h2-8,10-13,20-21,23H,1,9,14-18H2;2*1-2H3. The topological polar surface area (TPSA) is 58.6 Å². The molecule has 0 aromatic heterocycles. The summed E-state index contributed by atoms with van der Waals surface area (Å²) in [4.78, 5) is 0.322. The van der Waals surface area contributed by atoms with E-state index in [1.54, 1.807) is 28.6 Å². The average Bonchev–Trinajstić information content (AvgIpc) is 3.06. The molecule has 2 aromatic rings. The van der Waals surface area contributed by atoms with E-state index in [-0.39, 0.29) is 12.0 Å². The van der Waals surface area contributed by atoms with Crippen molar-refractivity contribution in [3.63, 3.8) is 0 Å². The van der Waals surface area contributed by atoms with Crippen LogP contribution in [0.1, 0.15) is 39.7 Å². The van der Waals surface area contributed by atoms with Crippen LogP contribution in [-0.4, -0.2) is 45.0 Å². The van der Waals surface area contributed by atoms with Crippen molar-refractivity contribution in [2.75, 3.05) is 26.2 Å². The van der Waals surface area contributed by atoms with Crippen molar-refractivity contribution in [1.82, 2.24) is 9.62 Å². The van der Waals surface area contributed by atoms with Gasteiger partial charge in [-0.2, -0.15) is 4.31 Å². The Morgan fingerprint density at radius 1 is 1.00 bits per heavy atom. The van der Waals surface area contributed by atoms with E-state index >= 15 is 0 Å². The molecular weight excluding hydrogens is 420 g/mol. The van der Waals surface area contributed by atoms with Gasteiger partial charge >= 0.3 is 0 Å². The van der Waals surface area contributed by atoms with E-state index < -0.39 is 10.0 Å². The predicted octanol–water partition coefficient (Wildman–Crippen LogP) is 5.11. The Morgan fingerprint density at radius 3 is 2.19 bits per heavy atom. The van der Waals surface area contributed by atoms with E-state index in [1.165, 1.54) is 0 Å². The van der Waals surface area contributed by atoms with Crippen molar-refractivity contribution >= 4 is 10.0 Å². The lowest BCUT2D eigenvalue weighted by atomic mass is 10.1. The maximum atomic E-state index is 13.4. The molecule has 1 saturated heterocycles. The van der Waals surface area contributed by atoms with E-state index in [2.05, 4.69) is 11.9 Å². The van der Waals surface area contributed by atoms with Crippen LogP contribution in [0.25, 0.3) is 0 Å². The number of nitrogens with one attached hydrogen (secondary N) is 1. The highest BCUT2D eigenvalue weighted by atomic mass is 32.2. The summed E-state index contributed by atoms with van der Waals surface area (Å²) >= 11 is 0. The Labute approximate surface area is 195 Å². The van der Waals surface area contributed by atoms with Crippen LogP contribution in [0, 0.1) is 5.92 Å². The second-order valence-electron chi connectivity index (χ2n) is 7.09. The lowest BCUT2D eigenvalue weighted by Crippen LogP contribution is -2.46. The molecule has 1 heterocycles. The van der Waals surface area contributed by atoms with Crippen molar-refractivity contribution in [2.45, 2.75) is 51.7 Å². The molecule has 1 aliphatic heterocycles. The smallest absolute Gasteiger partial charge is 0.243 e. The summed E-state index contributed by atoms with van der Waals surface area (Å²) in [5, 5.41) is 3.40. The number of hydrogen-bond donors (Lipinski definition) is 1. The van der Waals surface area contributed by atoms with Gasteiger partial charge in [-0.15, -0.1) is 6.58 Å². The third-order valence-corrected chi connectivity index (χ3v) is 6.86.